The summed E-state index contributed by atoms with van der Waals surface area (Å²) in [6, 6.07) is 17.0. The summed E-state index contributed by atoms with van der Waals surface area (Å²) in [4.78, 5) is 21.0. The third-order valence-electron chi connectivity index (χ3n) is 3.96. The fraction of sp³-hybridized carbons (Fsp3) is 0.100. The van der Waals surface area contributed by atoms with E-state index in [1.54, 1.807) is 12.1 Å². The molecule has 0 fully saturated rings. The molecule has 2 aromatic heterocycles. The quantitative estimate of drug-likeness (QED) is 0.479. The van der Waals surface area contributed by atoms with Crippen LogP contribution in [-0.4, -0.2) is 21.0 Å². The van der Waals surface area contributed by atoms with Crippen molar-refractivity contribution >= 4 is 34.0 Å². The van der Waals surface area contributed by atoms with E-state index in [0.717, 1.165) is 16.8 Å². The van der Waals surface area contributed by atoms with Gasteiger partial charge >= 0.3 is 0 Å². The maximum atomic E-state index is 12.2. The first-order valence-electron chi connectivity index (χ1n) is 8.57. The molecule has 0 saturated carbocycles. The Morgan fingerprint density at radius 3 is 2.61 bits per heavy atom. The minimum Gasteiger partial charge on any atom is -0.339 e. The number of carbonyl (C=O) groups excluding carboxylic acids is 1. The van der Waals surface area contributed by atoms with E-state index in [-0.39, 0.29) is 12.3 Å². The van der Waals surface area contributed by atoms with Gasteiger partial charge < -0.3 is 9.84 Å². The van der Waals surface area contributed by atoms with Crippen LogP contribution in [0.1, 0.15) is 12.3 Å². The predicted octanol–water partition coefficient (Wildman–Crippen LogP) is 5.08. The topological polar surface area (TPSA) is 80.9 Å². The van der Waals surface area contributed by atoms with E-state index >= 15 is 0 Å². The molecule has 0 spiro atoms. The Labute approximate surface area is 170 Å². The van der Waals surface area contributed by atoms with Crippen molar-refractivity contribution in [3.8, 4) is 22.6 Å². The van der Waals surface area contributed by atoms with Crippen molar-refractivity contribution in [3.63, 3.8) is 0 Å². The van der Waals surface area contributed by atoms with E-state index in [1.165, 1.54) is 11.3 Å². The number of hydrogen-bond donors (Lipinski definition) is 1. The van der Waals surface area contributed by atoms with E-state index in [4.69, 9.17) is 16.1 Å². The second kappa shape index (κ2) is 8.33. The van der Waals surface area contributed by atoms with Crippen molar-refractivity contribution in [1.82, 2.24) is 15.1 Å². The summed E-state index contributed by atoms with van der Waals surface area (Å²) in [5, 5.41) is 9.88. The molecule has 0 bridgehead atoms. The zero-order chi connectivity index (χ0) is 19.3. The number of hydrogen-bond acceptors (Lipinski definition) is 6. The lowest BCUT2D eigenvalue weighted by molar-refractivity contribution is -0.116. The highest BCUT2D eigenvalue weighted by molar-refractivity contribution is 7.14. The molecule has 0 atom stereocenters. The van der Waals surface area contributed by atoms with Crippen LogP contribution in [0.15, 0.2) is 64.5 Å². The van der Waals surface area contributed by atoms with Crippen LogP contribution in [-0.2, 0) is 11.2 Å². The fourth-order valence-electron chi connectivity index (χ4n) is 2.55. The maximum Gasteiger partial charge on any atom is 0.227 e. The molecule has 28 heavy (non-hydrogen) atoms. The number of thiazole rings is 1. The molecule has 0 saturated heterocycles. The Morgan fingerprint density at radius 2 is 1.82 bits per heavy atom. The van der Waals surface area contributed by atoms with Crippen LogP contribution in [0.4, 0.5) is 5.13 Å². The SMILES string of the molecule is O=C(CCc1nc(-c2ccc(Cl)cc2)no1)Nc1nc(-c2ccccc2)cs1. The number of anilines is 1. The Kier molecular flexibility index (Phi) is 5.45. The van der Waals surface area contributed by atoms with Gasteiger partial charge in [0.2, 0.25) is 17.6 Å². The third kappa shape index (κ3) is 4.44. The fourth-order valence-corrected chi connectivity index (χ4v) is 3.41. The van der Waals surface area contributed by atoms with E-state index in [0.29, 0.717) is 28.3 Å². The van der Waals surface area contributed by atoms with E-state index in [9.17, 15) is 4.79 Å². The van der Waals surface area contributed by atoms with Crippen molar-refractivity contribution in [2.75, 3.05) is 5.32 Å². The molecule has 1 amide bonds. The maximum absolute atomic E-state index is 12.2. The van der Waals surface area contributed by atoms with Gasteiger partial charge in [-0.15, -0.1) is 11.3 Å². The van der Waals surface area contributed by atoms with Crippen molar-refractivity contribution in [3.05, 3.63) is 70.9 Å². The van der Waals surface area contributed by atoms with Crippen LogP contribution >= 0.6 is 22.9 Å². The van der Waals surface area contributed by atoms with Crippen LogP contribution in [0.25, 0.3) is 22.6 Å². The van der Waals surface area contributed by atoms with Crippen molar-refractivity contribution in [2.45, 2.75) is 12.8 Å². The zero-order valence-corrected chi connectivity index (χ0v) is 16.2. The van der Waals surface area contributed by atoms with Crippen LogP contribution in [0.5, 0.6) is 0 Å². The third-order valence-corrected chi connectivity index (χ3v) is 4.97. The minimum atomic E-state index is -0.153. The highest BCUT2D eigenvalue weighted by Gasteiger charge is 2.12. The first kappa shape index (κ1) is 18.3. The number of amides is 1. The predicted molar refractivity (Wildman–Crippen MR) is 109 cm³/mol. The van der Waals surface area contributed by atoms with E-state index in [1.807, 2.05) is 47.8 Å². The minimum absolute atomic E-state index is 0.153. The van der Waals surface area contributed by atoms with Crippen LogP contribution in [0.3, 0.4) is 0 Å². The van der Waals surface area contributed by atoms with Gasteiger partial charge in [-0.25, -0.2) is 4.98 Å². The van der Waals surface area contributed by atoms with Gasteiger partial charge in [0.05, 0.1) is 5.69 Å². The molecule has 0 aliphatic rings. The van der Waals surface area contributed by atoms with Gasteiger partial charge in [0, 0.05) is 34.4 Å². The average molecular weight is 411 g/mol. The molecule has 0 unspecified atom stereocenters. The lowest BCUT2D eigenvalue weighted by Crippen LogP contribution is -2.12. The number of nitrogens with zero attached hydrogens (tertiary/aromatic N) is 3. The molecule has 8 heteroatoms. The Hall–Kier alpha value is -3.03. The van der Waals surface area contributed by atoms with Gasteiger partial charge in [-0.05, 0) is 24.3 Å². The number of rotatable bonds is 6. The van der Waals surface area contributed by atoms with Crippen LogP contribution in [0.2, 0.25) is 5.02 Å². The molecule has 2 aromatic carbocycles. The molecule has 1 N–H and O–H groups in total. The van der Waals surface area contributed by atoms with Gasteiger partial charge in [0.1, 0.15) is 0 Å². The molecule has 140 valence electrons. The number of carbonyl (C=O) groups is 1. The number of benzene rings is 2. The normalized spacial score (nSPS) is 10.8. The number of nitrogens with one attached hydrogen (secondary N) is 1. The molecule has 6 nitrogen and oxygen atoms in total. The average Bonchev–Trinajstić information content (AvgIpc) is 3.37. The van der Waals surface area contributed by atoms with Crippen molar-refractivity contribution in [1.29, 1.82) is 0 Å². The Bertz CT molecular complexity index is 1080. The number of aryl methyl sites for hydroxylation is 1. The summed E-state index contributed by atoms with van der Waals surface area (Å²) in [5.74, 6) is 0.726. The molecule has 0 radical (unpaired) electrons. The van der Waals surface area contributed by atoms with Gasteiger partial charge in [-0.3, -0.25) is 4.79 Å². The highest BCUT2D eigenvalue weighted by atomic mass is 35.5. The largest absolute Gasteiger partial charge is 0.339 e. The summed E-state index contributed by atoms with van der Waals surface area (Å²) < 4.78 is 5.22. The summed E-state index contributed by atoms with van der Waals surface area (Å²) in [6.07, 6.45) is 0.575. The van der Waals surface area contributed by atoms with Crippen LogP contribution in [0, 0.1) is 0 Å². The summed E-state index contributed by atoms with van der Waals surface area (Å²) in [5.41, 5.74) is 2.66. The Morgan fingerprint density at radius 1 is 1.04 bits per heavy atom. The molecule has 2 heterocycles. The monoisotopic (exact) mass is 410 g/mol. The summed E-state index contributed by atoms with van der Waals surface area (Å²) in [6.45, 7) is 0. The number of halogens is 1. The molecule has 0 aliphatic carbocycles. The van der Waals surface area contributed by atoms with Crippen molar-refractivity contribution < 1.29 is 9.32 Å². The molecule has 0 aliphatic heterocycles. The molecular weight excluding hydrogens is 396 g/mol. The molecular formula is C20H15ClN4O2S. The first-order valence-corrected chi connectivity index (χ1v) is 9.82. The first-order chi connectivity index (χ1) is 13.7. The molecule has 4 aromatic rings. The Balaban J connectivity index is 1.33. The van der Waals surface area contributed by atoms with Gasteiger partial charge in [0.25, 0.3) is 0 Å². The smallest absolute Gasteiger partial charge is 0.227 e. The van der Waals surface area contributed by atoms with Gasteiger partial charge in [-0.1, -0.05) is 47.1 Å². The summed E-state index contributed by atoms with van der Waals surface area (Å²) >= 11 is 7.27. The van der Waals surface area contributed by atoms with E-state index in [2.05, 4.69) is 20.4 Å². The van der Waals surface area contributed by atoms with Gasteiger partial charge in [0.15, 0.2) is 5.13 Å². The zero-order valence-electron chi connectivity index (χ0n) is 14.6. The lowest BCUT2D eigenvalue weighted by atomic mass is 10.2. The lowest BCUT2D eigenvalue weighted by Gasteiger charge is -1.99. The van der Waals surface area contributed by atoms with Crippen molar-refractivity contribution in [2.24, 2.45) is 0 Å². The van der Waals surface area contributed by atoms with Gasteiger partial charge in [-0.2, -0.15) is 4.98 Å². The van der Waals surface area contributed by atoms with E-state index < -0.39 is 0 Å². The molecule has 4 rings (SSSR count). The second-order valence-corrected chi connectivity index (χ2v) is 7.27. The van der Waals surface area contributed by atoms with Crippen LogP contribution < -0.4 is 5.32 Å². The number of aromatic nitrogens is 3. The second-order valence-electron chi connectivity index (χ2n) is 5.97. The highest BCUT2D eigenvalue weighted by Crippen LogP contribution is 2.25. The standard InChI is InChI=1S/C20H15ClN4O2S/c21-15-8-6-14(7-9-15)19-24-18(27-25-19)11-10-17(26)23-20-22-16(12-28-20)13-4-2-1-3-5-13/h1-9,12H,10-11H2,(H,22,23,26). The summed E-state index contributed by atoms with van der Waals surface area (Å²) in [7, 11) is 0.